The number of likely N-dealkylation sites (N-methyl/N-ethyl adjacent to an activating group) is 1. The molecule has 0 saturated carbocycles. The van der Waals surface area contributed by atoms with Crippen molar-refractivity contribution in [2.24, 2.45) is 0 Å². The van der Waals surface area contributed by atoms with Gasteiger partial charge in [0.05, 0.1) is 27.7 Å². The first-order chi connectivity index (χ1) is 48.5. The maximum absolute atomic E-state index is 12.9. The second-order valence-corrected chi connectivity index (χ2v) is 30.9. The van der Waals surface area contributed by atoms with Crippen molar-refractivity contribution in [1.82, 2.24) is 0 Å². The monoisotopic (exact) mass is 1400 g/mol. The second kappa shape index (κ2) is 78.8. The summed E-state index contributed by atoms with van der Waals surface area (Å²) < 4.78 is 34.8. The molecule has 2 unspecified atom stereocenters. The lowest BCUT2D eigenvalue weighted by Gasteiger charge is -2.24. The van der Waals surface area contributed by atoms with E-state index in [9.17, 15) is 19.0 Å². The van der Waals surface area contributed by atoms with Gasteiger partial charge in [0.1, 0.15) is 19.8 Å². The molecule has 0 aliphatic rings. The van der Waals surface area contributed by atoms with Crippen molar-refractivity contribution in [2.75, 3.05) is 47.5 Å². The predicted molar refractivity (Wildman–Crippen MR) is 431 cm³/mol. The van der Waals surface area contributed by atoms with Gasteiger partial charge in [-0.3, -0.25) is 18.6 Å². The third-order valence-corrected chi connectivity index (χ3v) is 19.6. The number of rotatable bonds is 78. The number of carbonyl (C=O) groups is 2. The number of allylic oxidation sites excluding steroid dienone is 18. The van der Waals surface area contributed by atoms with Crippen LogP contribution in [0.4, 0.5) is 0 Å². The SMILES string of the molecule is CC/C=C\C/C=C\C/C=C\C/C=C\C/C=C\C/C=C\C/C=C\C/C=C\C/C=C\CCCCCCCCCC(=O)OC(COC(=O)CCCCCCCCCCCCCCCCCCCCCCCCCCCCCCCCCCCCCCCCCC)COP(=O)(O)OCC[N+](C)(C)C. The second-order valence-electron chi connectivity index (χ2n) is 29.5. The van der Waals surface area contributed by atoms with E-state index in [1.807, 2.05) is 21.1 Å². The molecule has 0 aliphatic heterocycles. The number of ether oxygens (including phenoxy) is 2. The summed E-state index contributed by atoms with van der Waals surface area (Å²) >= 11 is 0. The van der Waals surface area contributed by atoms with Gasteiger partial charge in [-0.2, -0.15) is 0 Å². The molecule has 0 spiro atoms. The lowest BCUT2D eigenvalue weighted by atomic mass is 10.0. The molecule has 0 bridgehead atoms. The van der Waals surface area contributed by atoms with Gasteiger partial charge < -0.3 is 18.9 Å². The van der Waals surface area contributed by atoms with Crippen LogP contribution < -0.4 is 0 Å². The minimum absolute atomic E-state index is 0.0260. The largest absolute Gasteiger partial charge is 0.472 e. The maximum Gasteiger partial charge on any atom is 0.472 e. The van der Waals surface area contributed by atoms with Crippen LogP contribution in [0.2, 0.25) is 0 Å². The zero-order valence-corrected chi connectivity index (χ0v) is 66.6. The Labute approximate surface area is 614 Å². The number of hydrogen-bond donors (Lipinski definition) is 1. The van der Waals surface area contributed by atoms with E-state index in [0.717, 1.165) is 103 Å². The Bertz CT molecular complexity index is 2040. The van der Waals surface area contributed by atoms with E-state index >= 15 is 0 Å². The molecular weight excluding hydrogens is 1240 g/mol. The molecule has 2 atom stereocenters. The van der Waals surface area contributed by atoms with Crippen molar-refractivity contribution in [3.8, 4) is 0 Å². The molecule has 9 nitrogen and oxygen atoms in total. The molecule has 10 heteroatoms. The first-order valence-corrected chi connectivity index (χ1v) is 43.6. The van der Waals surface area contributed by atoms with Crippen LogP contribution in [0.1, 0.15) is 393 Å². The van der Waals surface area contributed by atoms with E-state index in [-0.39, 0.29) is 32.0 Å². The molecule has 0 radical (unpaired) electrons. The van der Waals surface area contributed by atoms with Crippen LogP contribution in [0.5, 0.6) is 0 Å². The van der Waals surface area contributed by atoms with Gasteiger partial charge in [0.2, 0.25) is 0 Å². The van der Waals surface area contributed by atoms with Gasteiger partial charge in [0, 0.05) is 12.8 Å². The summed E-state index contributed by atoms with van der Waals surface area (Å²) in [5.74, 6) is -0.800. The number of phosphoric ester groups is 1. The van der Waals surface area contributed by atoms with Crippen LogP contribution in [0.15, 0.2) is 109 Å². The lowest BCUT2D eigenvalue weighted by Crippen LogP contribution is -2.37. The highest BCUT2D eigenvalue weighted by Crippen LogP contribution is 2.43. The van der Waals surface area contributed by atoms with Gasteiger partial charge in [0.25, 0.3) is 0 Å². The Morgan fingerprint density at radius 1 is 0.323 bits per heavy atom. The van der Waals surface area contributed by atoms with Gasteiger partial charge in [-0.1, -0.05) is 406 Å². The zero-order valence-electron chi connectivity index (χ0n) is 65.7. The molecule has 0 fully saturated rings. The molecule has 0 aromatic carbocycles. The summed E-state index contributed by atoms with van der Waals surface area (Å²) in [5, 5.41) is 0. The topological polar surface area (TPSA) is 108 Å². The number of carbonyl (C=O) groups excluding carboxylic acids is 2. The Hall–Kier alpha value is -3.33. The molecule has 0 rings (SSSR count). The molecule has 0 heterocycles. The Kier molecular flexibility index (Phi) is 76.1. The molecule has 0 saturated heterocycles. The van der Waals surface area contributed by atoms with E-state index in [2.05, 4.69) is 123 Å². The van der Waals surface area contributed by atoms with E-state index in [4.69, 9.17) is 18.5 Å². The quantitative estimate of drug-likeness (QED) is 0.0211. The molecule has 1 N–H and O–H groups in total. The third-order valence-electron chi connectivity index (χ3n) is 18.6. The highest BCUT2D eigenvalue weighted by molar-refractivity contribution is 7.47. The van der Waals surface area contributed by atoms with Crippen molar-refractivity contribution >= 4 is 19.8 Å². The summed E-state index contributed by atoms with van der Waals surface area (Å²) in [6.45, 7) is 4.35. The van der Waals surface area contributed by atoms with Crippen LogP contribution in [0, 0.1) is 0 Å². The van der Waals surface area contributed by atoms with Crippen LogP contribution in [-0.2, 0) is 32.7 Å². The minimum atomic E-state index is -4.41. The fourth-order valence-electron chi connectivity index (χ4n) is 12.2. The normalized spacial score (nSPS) is 13.6. The fraction of sp³-hybridized carbons (Fsp3) is 0.775. The molecule has 0 aromatic heterocycles. The predicted octanol–water partition coefficient (Wildman–Crippen LogP) is 28.3. The van der Waals surface area contributed by atoms with Crippen molar-refractivity contribution in [3.63, 3.8) is 0 Å². The summed E-state index contributed by atoms with van der Waals surface area (Å²) in [4.78, 5) is 36.0. The average molecular weight is 1400 g/mol. The zero-order chi connectivity index (χ0) is 71.8. The highest BCUT2D eigenvalue weighted by Gasteiger charge is 2.27. The Morgan fingerprint density at radius 3 is 0.859 bits per heavy atom. The fourth-order valence-corrected chi connectivity index (χ4v) is 12.9. The smallest absolute Gasteiger partial charge is 0.462 e. The molecule has 574 valence electrons. The van der Waals surface area contributed by atoms with Crippen molar-refractivity contribution in [3.05, 3.63) is 109 Å². The van der Waals surface area contributed by atoms with Crippen LogP contribution in [0.25, 0.3) is 0 Å². The number of nitrogens with zero attached hydrogens (tertiary/aromatic N) is 1. The van der Waals surface area contributed by atoms with Crippen molar-refractivity contribution < 1.29 is 42.1 Å². The number of hydrogen-bond acceptors (Lipinski definition) is 7. The van der Waals surface area contributed by atoms with Crippen LogP contribution in [0.3, 0.4) is 0 Å². The number of unbranched alkanes of at least 4 members (excludes halogenated alkanes) is 46. The van der Waals surface area contributed by atoms with Crippen LogP contribution >= 0.6 is 7.82 Å². The lowest BCUT2D eigenvalue weighted by molar-refractivity contribution is -0.870. The summed E-state index contributed by atoms with van der Waals surface area (Å²) in [6, 6.07) is 0. The molecule has 0 aromatic rings. The number of quaternary nitrogens is 1. The minimum Gasteiger partial charge on any atom is -0.462 e. The summed E-state index contributed by atoms with van der Waals surface area (Å²) in [7, 11) is 1.47. The summed E-state index contributed by atoms with van der Waals surface area (Å²) in [6.07, 6.45) is 113. The molecule has 99 heavy (non-hydrogen) atoms. The molecular formula is C89H161NO8P+. The number of phosphoric acid groups is 1. The standard InChI is InChI=1S/C89H160NO8P/c1-6-8-10-12-14-16-18-20-22-24-26-28-30-32-34-36-38-40-42-43-44-45-46-48-49-51-53-55-57-59-61-63-65-67-69-71-73-75-77-79-81-88(91)95-85-87(86-97-99(93,94)96-84-83-90(3,4)5)98-89(92)82-80-78-76-74-72-70-68-66-64-62-60-58-56-54-52-50-47-41-39-37-35-33-31-29-27-25-23-21-19-17-15-13-11-9-7-2/h9,11,15,17,21,23,27,29,33,35,39,41,50,52,56,58,62,64,87H,6-8,10,12-14,16,18-20,22,24-26,28,30-32,34,36-38,40,42-49,51,53-55,57,59-61,63,65-86H2,1-5H3/p+1/b11-9-,17-15-,23-21-,29-27-,35-33-,41-39-,52-50-,58-56-,64-62-. The Balaban J connectivity index is 3.96. The van der Waals surface area contributed by atoms with Gasteiger partial charge in [-0.05, 0) is 83.5 Å². The molecule has 0 amide bonds. The van der Waals surface area contributed by atoms with Gasteiger partial charge >= 0.3 is 19.8 Å². The number of esters is 2. The van der Waals surface area contributed by atoms with Gasteiger partial charge in [-0.15, -0.1) is 0 Å². The van der Waals surface area contributed by atoms with Gasteiger partial charge in [0.15, 0.2) is 6.10 Å². The highest BCUT2D eigenvalue weighted by atomic mass is 31.2. The first-order valence-electron chi connectivity index (χ1n) is 42.1. The summed E-state index contributed by atoms with van der Waals surface area (Å²) in [5.41, 5.74) is 0. The van der Waals surface area contributed by atoms with Crippen LogP contribution in [-0.4, -0.2) is 74.9 Å². The van der Waals surface area contributed by atoms with E-state index in [1.165, 1.54) is 257 Å². The third kappa shape index (κ3) is 83.5. The van der Waals surface area contributed by atoms with Crippen molar-refractivity contribution in [1.29, 1.82) is 0 Å². The van der Waals surface area contributed by atoms with Crippen molar-refractivity contribution in [2.45, 2.75) is 399 Å². The average Bonchev–Trinajstić information content (AvgIpc) is 1.06. The van der Waals surface area contributed by atoms with E-state index < -0.39 is 26.5 Å². The van der Waals surface area contributed by atoms with Gasteiger partial charge in [-0.25, -0.2) is 4.57 Å². The maximum atomic E-state index is 12.9. The first kappa shape index (κ1) is 95.7. The van der Waals surface area contributed by atoms with E-state index in [1.54, 1.807) is 0 Å². The molecule has 0 aliphatic carbocycles. The Morgan fingerprint density at radius 2 is 0.576 bits per heavy atom. The van der Waals surface area contributed by atoms with E-state index in [0.29, 0.717) is 17.4 Å².